The Balaban J connectivity index is 1.47. The zero-order chi connectivity index (χ0) is 12.2. The van der Waals surface area contributed by atoms with Gasteiger partial charge in [0.05, 0.1) is 12.7 Å². The molecule has 0 radical (unpaired) electrons. The van der Waals surface area contributed by atoms with Gasteiger partial charge in [-0.3, -0.25) is 4.90 Å². The molecule has 3 fully saturated rings. The Morgan fingerprint density at radius 2 is 1.83 bits per heavy atom. The summed E-state index contributed by atoms with van der Waals surface area (Å²) in [5, 5.41) is 3.45. The molecule has 18 heavy (non-hydrogen) atoms. The zero-order valence-corrected chi connectivity index (χ0v) is 11.3. The summed E-state index contributed by atoms with van der Waals surface area (Å²) >= 11 is 0. The van der Waals surface area contributed by atoms with Gasteiger partial charge in [0.1, 0.15) is 6.79 Å². The molecule has 4 nitrogen and oxygen atoms in total. The minimum absolute atomic E-state index is 0.404. The van der Waals surface area contributed by atoms with Crippen LogP contribution in [0.25, 0.3) is 0 Å². The van der Waals surface area contributed by atoms with Crippen LogP contribution in [-0.2, 0) is 9.47 Å². The lowest BCUT2D eigenvalue weighted by Crippen LogP contribution is -2.42. The lowest BCUT2D eigenvalue weighted by molar-refractivity contribution is -0.145. The Morgan fingerprint density at radius 3 is 2.50 bits per heavy atom. The van der Waals surface area contributed by atoms with Gasteiger partial charge in [0, 0.05) is 19.1 Å². The summed E-state index contributed by atoms with van der Waals surface area (Å²) in [6.07, 6.45) is 6.95. The van der Waals surface area contributed by atoms with Crippen LogP contribution in [0.4, 0.5) is 0 Å². The van der Waals surface area contributed by atoms with Crippen LogP contribution >= 0.6 is 0 Å². The van der Waals surface area contributed by atoms with Gasteiger partial charge in [-0.25, -0.2) is 0 Å². The van der Waals surface area contributed by atoms with Gasteiger partial charge in [-0.15, -0.1) is 0 Å². The van der Waals surface area contributed by atoms with Gasteiger partial charge in [0.2, 0.25) is 0 Å². The molecular formula is C14H26N2O2. The molecule has 1 aliphatic carbocycles. The summed E-state index contributed by atoms with van der Waals surface area (Å²) in [7, 11) is 0. The van der Waals surface area contributed by atoms with Crippen molar-refractivity contribution in [3.63, 3.8) is 0 Å². The molecule has 3 rings (SSSR count). The zero-order valence-electron chi connectivity index (χ0n) is 11.3. The second-order valence-electron chi connectivity index (χ2n) is 5.98. The Morgan fingerprint density at radius 1 is 1.00 bits per heavy atom. The van der Waals surface area contributed by atoms with Crippen LogP contribution in [-0.4, -0.2) is 56.6 Å². The predicted octanol–water partition coefficient (Wildman–Crippen LogP) is 1.21. The Bertz CT molecular complexity index is 226. The molecule has 0 aromatic carbocycles. The van der Waals surface area contributed by atoms with Crippen molar-refractivity contribution in [2.75, 3.05) is 39.6 Å². The van der Waals surface area contributed by atoms with E-state index in [0.717, 1.165) is 31.5 Å². The molecular weight excluding hydrogens is 228 g/mol. The average molecular weight is 254 g/mol. The number of hydrogen-bond acceptors (Lipinski definition) is 4. The number of hydrogen-bond donors (Lipinski definition) is 1. The molecule has 104 valence electrons. The van der Waals surface area contributed by atoms with E-state index in [4.69, 9.17) is 9.47 Å². The van der Waals surface area contributed by atoms with E-state index >= 15 is 0 Å². The van der Waals surface area contributed by atoms with Gasteiger partial charge in [0.25, 0.3) is 0 Å². The van der Waals surface area contributed by atoms with Gasteiger partial charge in [-0.1, -0.05) is 0 Å². The van der Waals surface area contributed by atoms with E-state index in [-0.39, 0.29) is 0 Å². The van der Waals surface area contributed by atoms with Gasteiger partial charge in [-0.05, 0) is 51.1 Å². The average Bonchev–Trinajstić information content (AvgIpc) is 3.25. The second kappa shape index (κ2) is 6.33. The van der Waals surface area contributed by atoms with E-state index in [2.05, 4.69) is 10.2 Å². The van der Waals surface area contributed by atoms with Crippen LogP contribution in [0.15, 0.2) is 0 Å². The van der Waals surface area contributed by atoms with E-state index < -0.39 is 0 Å². The second-order valence-corrected chi connectivity index (χ2v) is 5.98. The SMILES string of the molecule is C1CC(CN(CC2CCOCO2)C2CC2)CCN1. The molecule has 1 saturated carbocycles. The number of rotatable bonds is 5. The van der Waals surface area contributed by atoms with Crippen molar-refractivity contribution >= 4 is 0 Å². The third-order valence-electron chi connectivity index (χ3n) is 4.42. The van der Waals surface area contributed by atoms with Crippen molar-refractivity contribution in [3.05, 3.63) is 0 Å². The van der Waals surface area contributed by atoms with Gasteiger partial charge >= 0.3 is 0 Å². The monoisotopic (exact) mass is 254 g/mol. The maximum absolute atomic E-state index is 5.70. The minimum Gasteiger partial charge on any atom is -0.355 e. The first-order chi connectivity index (χ1) is 8.92. The lowest BCUT2D eigenvalue weighted by atomic mass is 9.97. The number of ether oxygens (including phenoxy) is 2. The lowest BCUT2D eigenvalue weighted by Gasteiger charge is -2.33. The van der Waals surface area contributed by atoms with Gasteiger partial charge in [0.15, 0.2) is 0 Å². The molecule has 3 aliphatic rings. The topological polar surface area (TPSA) is 33.7 Å². The smallest absolute Gasteiger partial charge is 0.147 e. The van der Waals surface area contributed by atoms with E-state index in [1.54, 1.807) is 0 Å². The summed E-state index contributed by atoms with van der Waals surface area (Å²) < 4.78 is 11.0. The molecule has 2 saturated heterocycles. The molecule has 2 aliphatic heterocycles. The fourth-order valence-corrected chi connectivity index (χ4v) is 3.12. The van der Waals surface area contributed by atoms with Crippen LogP contribution in [0.3, 0.4) is 0 Å². The first kappa shape index (κ1) is 12.9. The number of nitrogens with zero attached hydrogens (tertiary/aromatic N) is 1. The molecule has 0 aromatic rings. The van der Waals surface area contributed by atoms with Crippen molar-refractivity contribution in [2.24, 2.45) is 5.92 Å². The summed E-state index contributed by atoms with van der Waals surface area (Å²) in [6, 6.07) is 0.853. The third kappa shape index (κ3) is 3.67. The molecule has 0 aromatic heterocycles. The van der Waals surface area contributed by atoms with E-state index in [1.165, 1.54) is 45.3 Å². The summed E-state index contributed by atoms with van der Waals surface area (Å²) in [4.78, 5) is 2.70. The fraction of sp³-hybridized carbons (Fsp3) is 1.00. The van der Waals surface area contributed by atoms with Crippen molar-refractivity contribution in [3.8, 4) is 0 Å². The first-order valence-electron chi connectivity index (χ1n) is 7.56. The highest BCUT2D eigenvalue weighted by Crippen LogP contribution is 2.29. The van der Waals surface area contributed by atoms with Crippen LogP contribution < -0.4 is 5.32 Å². The molecule has 0 bridgehead atoms. The van der Waals surface area contributed by atoms with Gasteiger partial charge in [-0.2, -0.15) is 0 Å². The van der Waals surface area contributed by atoms with Gasteiger partial charge < -0.3 is 14.8 Å². The predicted molar refractivity (Wildman–Crippen MR) is 70.5 cm³/mol. The first-order valence-corrected chi connectivity index (χ1v) is 7.56. The number of nitrogens with one attached hydrogen (secondary N) is 1. The molecule has 0 spiro atoms. The maximum atomic E-state index is 5.70. The van der Waals surface area contributed by atoms with Crippen molar-refractivity contribution in [1.82, 2.24) is 10.2 Å². The molecule has 1 unspecified atom stereocenters. The molecule has 1 atom stereocenters. The highest BCUT2D eigenvalue weighted by Gasteiger charge is 2.32. The molecule has 0 amide bonds. The van der Waals surface area contributed by atoms with Crippen LogP contribution in [0.5, 0.6) is 0 Å². The van der Waals surface area contributed by atoms with Crippen LogP contribution in [0, 0.1) is 5.92 Å². The normalized spacial score (nSPS) is 30.8. The third-order valence-corrected chi connectivity index (χ3v) is 4.42. The highest BCUT2D eigenvalue weighted by molar-refractivity contribution is 4.88. The number of piperidine rings is 1. The largest absolute Gasteiger partial charge is 0.355 e. The quantitative estimate of drug-likeness (QED) is 0.800. The standard InChI is InChI=1S/C14H26N2O2/c1-2-13(1)16(9-12-3-6-15-7-4-12)10-14-5-8-17-11-18-14/h12-15H,1-11H2. The fourth-order valence-electron chi connectivity index (χ4n) is 3.12. The Hall–Kier alpha value is -0.160. The van der Waals surface area contributed by atoms with E-state index in [1.807, 2.05) is 0 Å². The van der Waals surface area contributed by atoms with Crippen LogP contribution in [0.1, 0.15) is 32.1 Å². The Labute approximate surface area is 110 Å². The maximum Gasteiger partial charge on any atom is 0.147 e. The minimum atomic E-state index is 0.404. The summed E-state index contributed by atoms with van der Waals surface area (Å²) in [5.41, 5.74) is 0. The van der Waals surface area contributed by atoms with Crippen molar-refractivity contribution in [2.45, 2.75) is 44.2 Å². The summed E-state index contributed by atoms with van der Waals surface area (Å²) in [6.45, 7) is 6.19. The summed E-state index contributed by atoms with van der Waals surface area (Å²) in [5.74, 6) is 0.895. The molecule has 1 N–H and O–H groups in total. The van der Waals surface area contributed by atoms with Crippen molar-refractivity contribution in [1.29, 1.82) is 0 Å². The molecule has 2 heterocycles. The van der Waals surface area contributed by atoms with E-state index in [9.17, 15) is 0 Å². The van der Waals surface area contributed by atoms with Crippen molar-refractivity contribution < 1.29 is 9.47 Å². The van der Waals surface area contributed by atoms with E-state index in [0.29, 0.717) is 12.9 Å². The van der Waals surface area contributed by atoms with Crippen LogP contribution in [0.2, 0.25) is 0 Å². The molecule has 4 heteroatoms. The Kier molecular flexibility index (Phi) is 4.52. The highest BCUT2D eigenvalue weighted by atomic mass is 16.7.